The molecule has 5 rings (SSSR count). The molecule has 2 aromatic carbocycles. The third-order valence-electron chi connectivity index (χ3n) is 7.87. The van der Waals surface area contributed by atoms with E-state index in [4.69, 9.17) is 4.74 Å². The summed E-state index contributed by atoms with van der Waals surface area (Å²) < 4.78 is 24.3. The van der Waals surface area contributed by atoms with Crippen LogP contribution in [-0.4, -0.2) is 75.9 Å². The van der Waals surface area contributed by atoms with Gasteiger partial charge in [0.05, 0.1) is 31.2 Å². The molecule has 0 radical (unpaired) electrons. The zero-order valence-electron chi connectivity index (χ0n) is 24.6. The molecule has 1 saturated heterocycles. The lowest BCUT2D eigenvalue weighted by Gasteiger charge is -2.28. The molecule has 0 unspecified atom stereocenters. The van der Waals surface area contributed by atoms with Gasteiger partial charge in [-0.25, -0.2) is 9.37 Å². The van der Waals surface area contributed by atoms with Gasteiger partial charge in [0.2, 0.25) is 0 Å². The Hall–Kier alpha value is -4.35. The van der Waals surface area contributed by atoms with E-state index in [1.54, 1.807) is 67.0 Å². The summed E-state index contributed by atoms with van der Waals surface area (Å²) >= 11 is 0. The number of rotatable bonds is 8. The van der Waals surface area contributed by atoms with Gasteiger partial charge >= 0.3 is 0 Å². The third-order valence-corrected chi connectivity index (χ3v) is 7.87. The number of amides is 2. The summed E-state index contributed by atoms with van der Waals surface area (Å²) in [4.78, 5) is 32.3. The molecular formula is C31H36FN7O3. The fraction of sp³-hybridized carbons (Fsp3) is 0.355. The second-order valence-electron chi connectivity index (χ2n) is 10.5. The van der Waals surface area contributed by atoms with Crippen LogP contribution in [0.4, 0.5) is 10.1 Å². The number of carbonyl (C=O) groups is 2. The summed E-state index contributed by atoms with van der Waals surface area (Å²) in [5.41, 5.74) is 5.71. The summed E-state index contributed by atoms with van der Waals surface area (Å²) in [7, 11) is 3.36. The van der Waals surface area contributed by atoms with Gasteiger partial charge in [-0.05, 0) is 50.1 Å². The molecule has 11 heteroatoms. The Bertz CT molecular complexity index is 1640. The number of aromatic nitrogens is 4. The fourth-order valence-electron chi connectivity index (χ4n) is 5.36. The molecule has 2 aromatic heterocycles. The van der Waals surface area contributed by atoms with Crippen molar-refractivity contribution in [3.8, 4) is 22.4 Å². The number of methoxy groups -OCH3 is 1. The van der Waals surface area contributed by atoms with Gasteiger partial charge in [0, 0.05) is 74.0 Å². The molecular weight excluding hydrogens is 537 g/mol. The molecule has 1 fully saturated rings. The number of nitrogens with zero attached hydrogens (tertiary/aromatic N) is 5. The smallest absolute Gasteiger partial charge is 0.291 e. The monoisotopic (exact) mass is 573 g/mol. The molecule has 2 N–H and O–H groups in total. The maximum atomic E-state index is 15.7. The Morgan fingerprint density at radius 2 is 1.79 bits per heavy atom. The van der Waals surface area contributed by atoms with Crippen molar-refractivity contribution in [1.82, 2.24) is 29.5 Å². The quantitative estimate of drug-likeness (QED) is 0.331. The maximum Gasteiger partial charge on any atom is 0.291 e. The minimum atomic E-state index is -0.404. The van der Waals surface area contributed by atoms with Gasteiger partial charge in [0.15, 0.2) is 5.82 Å². The summed E-state index contributed by atoms with van der Waals surface area (Å²) in [6.45, 7) is 9.48. The number of ether oxygens (including phenoxy) is 1. The Morgan fingerprint density at radius 3 is 2.50 bits per heavy atom. The zero-order chi connectivity index (χ0) is 30.0. The van der Waals surface area contributed by atoms with Crippen LogP contribution in [0.25, 0.3) is 22.4 Å². The number of hydrogen-bond acceptors (Lipinski definition) is 6. The van der Waals surface area contributed by atoms with Crippen LogP contribution in [0.2, 0.25) is 0 Å². The van der Waals surface area contributed by atoms with Gasteiger partial charge < -0.3 is 24.8 Å². The van der Waals surface area contributed by atoms with Crippen molar-refractivity contribution in [1.29, 1.82) is 0 Å². The molecule has 0 aliphatic carbocycles. The van der Waals surface area contributed by atoms with Crippen molar-refractivity contribution in [3.05, 3.63) is 76.8 Å². The van der Waals surface area contributed by atoms with Crippen LogP contribution in [0.1, 0.15) is 37.8 Å². The van der Waals surface area contributed by atoms with Crippen LogP contribution in [0.15, 0.2) is 42.7 Å². The normalized spacial score (nSPS) is 13.4. The Balaban J connectivity index is 1.34. The first-order chi connectivity index (χ1) is 20.2. The summed E-state index contributed by atoms with van der Waals surface area (Å²) in [6, 6.07) is 8.84. The highest BCUT2D eigenvalue weighted by molar-refractivity contribution is 6.03. The molecule has 10 nitrogen and oxygen atoms in total. The van der Waals surface area contributed by atoms with Gasteiger partial charge in [0.25, 0.3) is 11.8 Å². The van der Waals surface area contributed by atoms with Crippen LogP contribution in [0, 0.1) is 26.6 Å². The Labute approximate surface area is 244 Å². The number of benzene rings is 2. The van der Waals surface area contributed by atoms with Crippen LogP contribution in [-0.2, 0) is 18.3 Å². The van der Waals surface area contributed by atoms with Crippen molar-refractivity contribution in [2.45, 2.75) is 27.3 Å². The number of imidazole rings is 1. The van der Waals surface area contributed by atoms with Crippen LogP contribution in [0.5, 0.6) is 0 Å². The van der Waals surface area contributed by atoms with Crippen molar-refractivity contribution in [2.75, 3.05) is 45.2 Å². The molecule has 42 heavy (non-hydrogen) atoms. The first-order valence-corrected chi connectivity index (χ1v) is 14.0. The predicted molar refractivity (Wildman–Crippen MR) is 159 cm³/mol. The molecule has 0 spiro atoms. The van der Waals surface area contributed by atoms with Crippen LogP contribution < -0.4 is 10.6 Å². The molecule has 0 atom stereocenters. The SMILES string of the molecule is COCCn1ncc(-c2ccc(-c3cnc(C(=O)Nc4ccc(C(=O)N5CCNCC5)c(C)c4)n3C)c(C)c2F)c1C. The van der Waals surface area contributed by atoms with E-state index in [9.17, 15) is 9.59 Å². The van der Waals surface area contributed by atoms with E-state index in [0.717, 1.165) is 29.9 Å². The second kappa shape index (κ2) is 12.3. The summed E-state index contributed by atoms with van der Waals surface area (Å²) in [5.74, 6) is -0.578. The number of piperazine rings is 1. The largest absolute Gasteiger partial charge is 0.383 e. The molecule has 220 valence electrons. The fourth-order valence-corrected chi connectivity index (χ4v) is 5.36. The number of nitrogens with one attached hydrogen (secondary N) is 2. The van der Waals surface area contributed by atoms with Gasteiger partial charge in [-0.3, -0.25) is 14.3 Å². The highest BCUT2D eigenvalue weighted by Gasteiger charge is 2.22. The van der Waals surface area contributed by atoms with E-state index >= 15 is 4.39 Å². The van der Waals surface area contributed by atoms with E-state index < -0.39 is 5.91 Å². The Morgan fingerprint density at radius 1 is 1.05 bits per heavy atom. The van der Waals surface area contributed by atoms with E-state index in [0.29, 0.717) is 59.9 Å². The first-order valence-electron chi connectivity index (χ1n) is 14.0. The van der Waals surface area contributed by atoms with Gasteiger partial charge in [-0.15, -0.1) is 0 Å². The summed E-state index contributed by atoms with van der Waals surface area (Å²) in [6.07, 6.45) is 3.25. The number of carbonyl (C=O) groups excluding carboxylic acids is 2. The lowest BCUT2D eigenvalue weighted by molar-refractivity contribution is 0.0735. The van der Waals surface area contributed by atoms with Gasteiger partial charge in [-0.2, -0.15) is 5.10 Å². The lowest BCUT2D eigenvalue weighted by Crippen LogP contribution is -2.46. The lowest BCUT2D eigenvalue weighted by atomic mass is 9.98. The van der Waals surface area contributed by atoms with Gasteiger partial charge in [0.1, 0.15) is 5.82 Å². The van der Waals surface area contributed by atoms with E-state index in [1.165, 1.54) is 0 Å². The minimum absolute atomic E-state index is 0.00988. The topological polar surface area (TPSA) is 106 Å². The highest BCUT2D eigenvalue weighted by Crippen LogP contribution is 2.33. The molecule has 4 aromatic rings. The van der Waals surface area contributed by atoms with Crippen molar-refractivity contribution >= 4 is 17.5 Å². The minimum Gasteiger partial charge on any atom is -0.383 e. The van der Waals surface area contributed by atoms with Crippen molar-refractivity contribution in [3.63, 3.8) is 0 Å². The molecule has 0 bridgehead atoms. The third kappa shape index (κ3) is 5.57. The molecule has 3 heterocycles. The molecule has 0 saturated carbocycles. The first kappa shape index (κ1) is 29.2. The van der Waals surface area contributed by atoms with Gasteiger partial charge in [-0.1, -0.05) is 12.1 Å². The van der Waals surface area contributed by atoms with Crippen LogP contribution >= 0.6 is 0 Å². The molecule has 1 aliphatic heterocycles. The average molecular weight is 574 g/mol. The van der Waals surface area contributed by atoms with E-state index in [2.05, 4.69) is 20.7 Å². The predicted octanol–water partition coefficient (Wildman–Crippen LogP) is 3.96. The van der Waals surface area contributed by atoms with E-state index in [1.807, 2.05) is 24.8 Å². The summed E-state index contributed by atoms with van der Waals surface area (Å²) in [5, 5.41) is 10.5. The highest BCUT2D eigenvalue weighted by atomic mass is 19.1. The number of anilines is 1. The van der Waals surface area contributed by atoms with Crippen molar-refractivity contribution in [2.24, 2.45) is 7.05 Å². The average Bonchev–Trinajstić information content (AvgIpc) is 3.55. The number of halogens is 1. The maximum absolute atomic E-state index is 15.7. The Kier molecular flexibility index (Phi) is 8.51. The molecule has 2 amide bonds. The van der Waals surface area contributed by atoms with Crippen LogP contribution in [0.3, 0.4) is 0 Å². The van der Waals surface area contributed by atoms with Crippen molar-refractivity contribution < 1.29 is 18.7 Å². The van der Waals surface area contributed by atoms with E-state index in [-0.39, 0.29) is 17.5 Å². The number of hydrogen-bond donors (Lipinski definition) is 2. The number of aryl methyl sites for hydroxylation is 1. The zero-order valence-corrected chi connectivity index (χ0v) is 24.6. The standard InChI is InChI=1S/C31H36FN7O3/c1-19-16-22(6-7-23(19)31(41)38-12-10-33-11-13-38)36-30(40)29-34-18-27(37(29)4)24-8-9-25(28(32)20(24)2)26-17-35-39(21(26)3)14-15-42-5/h6-9,16-18,33H,10-15H2,1-5H3,(H,36,40). The second-order valence-corrected chi connectivity index (χ2v) is 10.5. The molecule has 1 aliphatic rings.